The van der Waals surface area contributed by atoms with Crippen LogP contribution in [0.1, 0.15) is 35.3 Å². The second-order valence-corrected chi connectivity index (χ2v) is 7.18. The van der Waals surface area contributed by atoms with Crippen molar-refractivity contribution in [2.75, 3.05) is 5.32 Å². The minimum absolute atomic E-state index is 0.0203. The lowest BCUT2D eigenvalue weighted by Crippen LogP contribution is -2.22. The number of hydrogen-bond donors (Lipinski definition) is 1. The summed E-state index contributed by atoms with van der Waals surface area (Å²) in [4.78, 5) is 13.4. The zero-order valence-electron chi connectivity index (χ0n) is 13.9. The van der Waals surface area contributed by atoms with Crippen molar-refractivity contribution in [3.63, 3.8) is 0 Å². The van der Waals surface area contributed by atoms with Crippen LogP contribution < -0.4 is 5.32 Å². The van der Waals surface area contributed by atoms with E-state index in [1.807, 2.05) is 11.4 Å². The molecular formula is C21H18FNOS. The van der Waals surface area contributed by atoms with Crippen molar-refractivity contribution >= 4 is 22.9 Å². The van der Waals surface area contributed by atoms with Gasteiger partial charge in [0, 0.05) is 33.7 Å². The number of amides is 1. The summed E-state index contributed by atoms with van der Waals surface area (Å²) in [7, 11) is 0. The number of benzene rings is 2. The molecule has 2 heterocycles. The summed E-state index contributed by atoms with van der Waals surface area (Å²) in [5, 5.41) is 4.91. The van der Waals surface area contributed by atoms with E-state index >= 15 is 0 Å². The van der Waals surface area contributed by atoms with Crippen molar-refractivity contribution in [3.8, 4) is 11.1 Å². The Labute approximate surface area is 150 Å². The van der Waals surface area contributed by atoms with Gasteiger partial charge in [-0.1, -0.05) is 49.4 Å². The summed E-state index contributed by atoms with van der Waals surface area (Å²) in [5.74, 6) is -0.264. The molecular weight excluding hydrogens is 333 g/mol. The van der Waals surface area contributed by atoms with Crippen LogP contribution in [0.4, 0.5) is 10.1 Å². The van der Waals surface area contributed by atoms with Gasteiger partial charge in [-0.3, -0.25) is 4.79 Å². The standard InChI is InChI=1S/C21H18FNOS/c1-2-13-7-9-14(10-8-13)16-11-19(24)23-20-17(12-25-21(16)20)15-5-3-4-6-18(15)22/h3-10,12,16H,2,11H2,1H3,(H,23,24). The van der Waals surface area contributed by atoms with E-state index < -0.39 is 0 Å². The second-order valence-electron chi connectivity index (χ2n) is 6.27. The Morgan fingerprint density at radius 3 is 2.60 bits per heavy atom. The fraction of sp³-hybridized carbons (Fsp3) is 0.190. The largest absolute Gasteiger partial charge is 0.325 e. The molecule has 0 spiro atoms. The lowest BCUT2D eigenvalue weighted by Gasteiger charge is -2.24. The van der Waals surface area contributed by atoms with Gasteiger partial charge in [-0.15, -0.1) is 11.3 Å². The van der Waals surface area contributed by atoms with E-state index in [4.69, 9.17) is 0 Å². The van der Waals surface area contributed by atoms with E-state index in [1.165, 1.54) is 11.6 Å². The number of rotatable bonds is 3. The molecule has 1 aliphatic heterocycles. The van der Waals surface area contributed by atoms with Gasteiger partial charge in [0.2, 0.25) is 5.91 Å². The van der Waals surface area contributed by atoms with E-state index in [-0.39, 0.29) is 17.6 Å². The molecule has 1 aliphatic rings. The molecule has 1 unspecified atom stereocenters. The van der Waals surface area contributed by atoms with Crippen molar-refractivity contribution in [2.45, 2.75) is 25.7 Å². The van der Waals surface area contributed by atoms with Gasteiger partial charge in [-0.25, -0.2) is 4.39 Å². The monoisotopic (exact) mass is 351 g/mol. The normalized spacial score (nSPS) is 16.4. The highest BCUT2D eigenvalue weighted by atomic mass is 32.1. The molecule has 0 bridgehead atoms. The molecule has 3 aromatic rings. The van der Waals surface area contributed by atoms with Crippen LogP contribution in [0.3, 0.4) is 0 Å². The van der Waals surface area contributed by atoms with Crippen LogP contribution in [0.25, 0.3) is 11.1 Å². The SMILES string of the molecule is CCc1ccc(C2CC(=O)Nc3c(-c4ccccc4F)csc32)cc1. The summed E-state index contributed by atoms with van der Waals surface area (Å²) in [5.41, 5.74) is 4.47. The summed E-state index contributed by atoms with van der Waals surface area (Å²) >= 11 is 1.59. The zero-order chi connectivity index (χ0) is 17.4. The molecule has 25 heavy (non-hydrogen) atoms. The van der Waals surface area contributed by atoms with Crippen LogP contribution in [0.5, 0.6) is 0 Å². The van der Waals surface area contributed by atoms with Crippen LogP contribution in [-0.4, -0.2) is 5.91 Å². The summed E-state index contributed by atoms with van der Waals surface area (Å²) < 4.78 is 14.2. The summed E-state index contributed by atoms with van der Waals surface area (Å²) in [6.45, 7) is 2.13. The maximum atomic E-state index is 14.2. The van der Waals surface area contributed by atoms with Crippen LogP contribution in [0, 0.1) is 5.82 Å². The first-order valence-electron chi connectivity index (χ1n) is 8.42. The molecule has 1 atom stereocenters. The number of halogens is 1. The molecule has 4 rings (SSSR count). The van der Waals surface area contributed by atoms with Crippen molar-refractivity contribution < 1.29 is 9.18 Å². The fourth-order valence-corrected chi connectivity index (χ4v) is 4.51. The topological polar surface area (TPSA) is 29.1 Å². The van der Waals surface area contributed by atoms with Gasteiger partial charge < -0.3 is 5.32 Å². The Morgan fingerprint density at radius 1 is 1.12 bits per heavy atom. The number of carbonyl (C=O) groups excluding carboxylic acids is 1. The van der Waals surface area contributed by atoms with Gasteiger partial charge in [0.15, 0.2) is 0 Å². The van der Waals surface area contributed by atoms with Crippen molar-refractivity contribution in [1.82, 2.24) is 0 Å². The number of anilines is 1. The van der Waals surface area contributed by atoms with Crippen molar-refractivity contribution in [3.05, 3.63) is 75.7 Å². The van der Waals surface area contributed by atoms with E-state index in [9.17, 15) is 9.18 Å². The molecule has 2 aromatic carbocycles. The zero-order valence-corrected chi connectivity index (χ0v) is 14.7. The van der Waals surface area contributed by atoms with Crippen LogP contribution in [-0.2, 0) is 11.2 Å². The highest BCUT2D eigenvalue weighted by Gasteiger charge is 2.30. The van der Waals surface area contributed by atoms with E-state index in [1.54, 1.807) is 23.5 Å². The smallest absolute Gasteiger partial charge is 0.225 e. The Balaban J connectivity index is 1.80. The maximum absolute atomic E-state index is 14.2. The molecule has 1 N–H and O–H groups in total. The van der Waals surface area contributed by atoms with Crippen molar-refractivity contribution in [1.29, 1.82) is 0 Å². The van der Waals surface area contributed by atoms with Gasteiger partial charge in [-0.2, -0.15) is 0 Å². The molecule has 2 nitrogen and oxygen atoms in total. The number of thiophene rings is 1. The number of hydrogen-bond acceptors (Lipinski definition) is 2. The average molecular weight is 351 g/mol. The minimum atomic E-state index is -0.272. The molecule has 1 amide bonds. The van der Waals surface area contributed by atoms with E-state index in [0.29, 0.717) is 12.0 Å². The Kier molecular flexibility index (Phi) is 4.14. The molecule has 1 aromatic heterocycles. The molecule has 0 saturated carbocycles. The quantitative estimate of drug-likeness (QED) is 0.655. The highest BCUT2D eigenvalue weighted by Crippen LogP contribution is 2.46. The molecule has 126 valence electrons. The summed E-state index contributed by atoms with van der Waals surface area (Å²) in [6.07, 6.45) is 1.42. The number of carbonyl (C=O) groups is 1. The lowest BCUT2D eigenvalue weighted by atomic mass is 9.88. The van der Waals surface area contributed by atoms with Crippen LogP contribution in [0.2, 0.25) is 0 Å². The highest BCUT2D eigenvalue weighted by molar-refractivity contribution is 7.11. The average Bonchev–Trinajstić information content (AvgIpc) is 3.05. The second kappa shape index (κ2) is 6.45. The predicted molar refractivity (Wildman–Crippen MR) is 101 cm³/mol. The fourth-order valence-electron chi connectivity index (χ4n) is 3.36. The third kappa shape index (κ3) is 2.87. The van der Waals surface area contributed by atoms with Gasteiger partial charge in [0.05, 0.1) is 5.69 Å². The Morgan fingerprint density at radius 2 is 1.88 bits per heavy atom. The number of aryl methyl sites for hydroxylation is 1. The Hall–Kier alpha value is -2.46. The van der Waals surface area contributed by atoms with Crippen LogP contribution >= 0.6 is 11.3 Å². The van der Waals surface area contributed by atoms with Gasteiger partial charge in [0.25, 0.3) is 0 Å². The lowest BCUT2D eigenvalue weighted by molar-refractivity contribution is -0.116. The van der Waals surface area contributed by atoms with Gasteiger partial charge in [0.1, 0.15) is 5.82 Å². The summed E-state index contributed by atoms with van der Waals surface area (Å²) in [6, 6.07) is 15.1. The van der Waals surface area contributed by atoms with E-state index in [0.717, 1.165) is 28.1 Å². The number of fused-ring (bicyclic) bond motifs is 1. The maximum Gasteiger partial charge on any atom is 0.225 e. The molecule has 0 radical (unpaired) electrons. The molecule has 0 fully saturated rings. The molecule has 4 heteroatoms. The third-order valence-corrected chi connectivity index (χ3v) is 5.84. The molecule has 0 aliphatic carbocycles. The van der Waals surface area contributed by atoms with Crippen molar-refractivity contribution in [2.24, 2.45) is 0 Å². The third-order valence-electron chi connectivity index (χ3n) is 4.74. The van der Waals surface area contributed by atoms with E-state index in [2.05, 4.69) is 36.5 Å². The minimum Gasteiger partial charge on any atom is -0.325 e. The predicted octanol–water partition coefficient (Wildman–Crippen LogP) is 5.59. The van der Waals surface area contributed by atoms with Gasteiger partial charge >= 0.3 is 0 Å². The molecule has 0 saturated heterocycles. The van der Waals surface area contributed by atoms with Gasteiger partial charge in [-0.05, 0) is 23.6 Å². The first-order valence-corrected chi connectivity index (χ1v) is 9.30. The number of nitrogens with one attached hydrogen (secondary N) is 1. The Bertz CT molecular complexity index is 929. The first kappa shape index (κ1) is 16.0. The van der Waals surface area contributed by atoms with Crippen LogP contribution in [0.15, 0.2) is 53.9 Å². The first-order chi connectivity index (χ1) is 12.2.